The van der Waals surface area contributed by atoms with Gasteiger partial charge in [0.15, 0.2) is 23.4 Å². The predicted octanol–water partition coefficient (Wildman–Crippen LogP) is 3.06. The largest absolute Gasteiger partial charge is 0.485 e. The van der Waals surface area contributed by atoms with E-state index in [1.807, 2.05) is 42.5 Å². The highest BCUT2D eigenvalue weighted by Crippen LogP contribution is 2.35. The number of hydrogen-bond acceptors (Lipinski definition) is 7. The maximum atomic E-state index is 12.9. The predicted molar refractivity (Wildman–Crippen MR) is 121 cm³/mol. The highest BCUT2D eigenvalue weighted by Gasteiger charge is 2.27. The summed E-state index contributed by atoms with van der Waals surface area (Å²) in [5.41, 5.74) is 1.97. The van der Waals surface area contributed by atoms with Crippen molar-refractivity contribution in [3.05, 3.63) is 74.8 Å². The van der Waals surface area contributed by atoms with Crippen molar-refractivity contribution >= 4 is 28.1 Å². The van der Waals surface area contributed by atoms with Gasteiger partial charge in [-0.15, -0.1) is 5.10 Å². The van der Waals surface area contributed by atoms with Crippen LogP contribution >= 0.6 is 11.3 Å². The molecular weight excluding hydrogens is 412 g/mol. The third kappa shape index (κ3) is 3.63. The number of thiazole rings is 1. The summed E-state index contributed by atoms with van der Waals surface area (Å²) in [6.07, 6.45) is 1.44. The number of nitrogens with zero attached hydrogens (tertiary/aromatic N) is 4. The lowest BCUT2D eigenvalue weighted by molar-refractivity contribution is 0.0852. The van der Waals surface area contributed by atoms with E-state index in [0.717, 1.165) is 18.7 Å². The Kier molecular flexibility index (Phi) is 5.07. The average Bonchev–Trinajstić information content (AvgIpc) is 3.35. The van der Waals surface area contributed by atoms with Crippen molar-refractivity contribution in [2.24, 2.45) is 0 Å². The maximum Gasteiger partial charge on any atom is 0.291 e. The van der Waals surface area contributed by atoms with Crippen LogP contribution in [-0.4, -0.2) is 34.3 Å². The number of fused-ring (bicyclic) bond motifs is 2. The third-order valence-electron chi connectivity index (χ3n) is 5.31. The molecule has 0 amide bonds. The van der Waals surface area contributed by atoms with Gasteiger partial charge in [-0.2, -0.15) is 9.50 Å². The Morgan fingerprint density at radius 3 is 2.58 bits per heavy atom. The molecule has 31 heavy (non-hydrogen) atoms. The minimum Gasteiger partial charge on any atom is -0.485 e. The Labute approximate surface area is 183 Å². The van der Waals surface area contributed by atoms with E-state index in [-0.39, 0.29) is 5.56 Å². The van der Waals surface area contributed by atoms with Crippen LogP contribution in [0.5, 0.6) is 11.5 Å². The number of aromatic nitrogens is 3. The van der Waals surface area contributed by atoms with Gasteiger partial charge in [0.05, 0.1) is 4.53 Å². The Morgan fingerprint density at radius 1 is 1.13 bits per heavy atom. The average molecular weight is 435 g/mol. The van der Waals surface area contributed by atoms with Gasteiger partial charge in [-0.05, 0) is 49.8 Å². The molecule has 1 aliphatic heterocycles. The lowest BCUT2D eigenvalue weighted by Gasteiger charge is -2.24. The molecule has 0 saturated heterocycles. The lowest BCUT2D eigenvalue weighted by Crippen LogP contribution is -2.26. The first kappa shape index (κ1) is 19.6. The second-order valence-corrected chi connectivity index (χ2v) is 8.22. The van der Waals surface area contributed by atoms with Crippen molar-refractivity contribution in [2.75, 3.05) is 24.6 Å². The third-order valence-corrected chi connectivity index (χ3v) is 6.27. The number of para-hydroxylation sites is 2. The highest BCUT2D eigenvalue weighted by molar-refractivity contribution is 7.15. The van der Waals surface area contributed by atoms with E-state index in [2.05, 4.69) is 41.0 Å². The van der Waals surface area contributed by atoms with Gasteiger partial charge in [0.2, 0.25) is 4.96 Å². The van der Waals surface area contributed by atoms with Crippen LogP contribution in [0.3, 0.4) is 0 Å². The van der Waals surface area contributed by atoms with Crippen molar-refractivity contribution < 1.29 is 9.47 Å². The molecule has 8 heteroatoms. The van der Waals surface area contributed by atoms with Crippen LogP contribution in [0.15, 0.2) is 53.3 Å². The second-order valence-electron chi connectivity index (χ2n) is 7.21. The Hall–Kier alpha value is -3.39. The number of anilines is 1. The van der Waals surface area contributed by atoms with E-state index in [1.54, 1.807) is 0 Å². The summed E-state index contributed by atoms with van der Waals surface area (Å²) in [6.45, 7) is 6.50. The molecule has 0 fully saturated rings. The van der Waals surface area contributed by atoms with Crippen LogP contribution in [0.1, 0.15) is 31.3 Å². The minimum atomic E-state index is -0.443. The second kappa shape index (κ2) is 8.03. The quantitative estimate of drug-likeness (QED) is 0.481. The first-order valence-corrected chi connectivity index (χ1v) is 11.1. The molecule has 0 N–H and O–H groups in total. The summed E-state index contributed by atoms with van der Waals surface area (Å²) in [6, 6.07) is 15.7. The molecule has 1 aliphatic rings. The van der Waals surface area contributed by atoms with Crippen LogP contribution in [0, 0.1) is 0 Å². The standard InChI is InChI=1S/C23H22N4O3S/c1-3-26(4-2)16-11-9-15(10-12-16)13-20-22(28)27-23(31-20)24-21(25-27)19-14-29-17-7-5-6-8-18(17)30-19/h5-13,19H,3-4,14H2,1-2H3/b20-13-/t19-/m0/s1. The fourth-order valence-electron chi connectivity index (χ4n) is 3.65. The molecule has 0 radical (unpaired) electrons. The molecule has 5 rings (SSSR count). The van der Waals surface area contributed by atoms with Crippen molar-refractivity contribution in [3.63, 3.8) is 0 Å². The Morgan fingerprint density at radius 2 is 1.87 bits per heavy atom. The van der Waals surface area contributed by atoms with Gasteiger partial charge in [-0.25, -0.2) is 0 Å². The van der Waals surface area contributed by atoms with Gasteiger partial charge >= 0.3 is 0 Å². The first-order valence-electron chi connectivity index (χ1n) is 10.3. The van der Waals surface area contributed by atoms with Gasteiger partial charge in [-0.1, -0.05) is 35.6 Å². The Balaban J connectivity index is 1.42. The Bertz CT molecular complexity index is 1330. The first-order chi connectivity index (χ1) is 15.2. The fourth-order valence-corrected chi connectivity index (χ4v) is 4.57. The summed E-state index contributed by atoms with van der Waals surface area (Å²) in [5.74, 6) is 1.81. The molecule has 158 valence electrons. The molecule has 0 aliphatic carbocycles. The molecule has 4 aromatic rings. The SMILES string of the molecule is CCN(CC)c1ccc(/C=c2\sc3nc([C@@H]4COc5ccccc5O4)nn3c2=O)cc1. The molecule has 2 aromatic carbocycles. The molecule has 1 atom stereocenters. The monoisotopic (exact) mass is 434 g/mol. The molecule has 0 unspecified atom stereocenters. The fraction of sp³-hybridized carbons (Fsp3) is 0.261. The number of benzene rings is 2. The molecule has 0 bridgehead atoms. The summed E-state index contributed by atoms with van der Waals surface area (Å²) >= 11 is 1.32. The van der Waals surface area contributed by atoms with E-state index in [9.17, 15) is 4.79 Å². The lowest BCUT2D eigenvalue weighted by atomic mass is 10.2. The van der Waals surface area contributed by atoms with Crippen LogP contribution < -0.4 is 24.5 Å². The zero-order valence-corrected chi connectivity index (χ0v) is 18.1. The van der Waals surface area contributed by atoms with Crippen LogP contribution in [0.2, 0.25) is 0 Å². The summed E-state index contributed by atoms with van der Waals surface area (Å²) < 4.78 is 13.6. The van der Waals surface area contributed by atoms with Gasteiger partial charge in [0.25, 0.3) is 5.56 Å². The topological polar surface area (TPSA) is 69.0 Å². The van der Waals surface area contributed by atoms with Gasteiger partial charge in [0, 0.05) is 18.8 Å². The number of hydrogen-bond donors (Lipinski definition) is 0. The normalized spacial score (nSPS) is 16.1. The van der Waals surface area contributed by atoms with E-state index < -0.39 is 6.10 Å². The molecule has 2 aromatic heterocycles. The summed E-state index contributed by atoms with van der Waals surface area (Å²) in [7, 11) is 0. The van der Waals surface area contributed by atoms with E-state index in [4.69, 9.17) is 9.47 Å². The van der Waals surface area contributed by atoms with Crippen molar-refractivity contribution in [2.45, 2.75) is 20.0 Å². The van der Waals surface area contributed by atoms with Crippen molar-refractivity contribution in [1.29, 1.82) is 0 Å². The molecule has 7 nitrogen and oxygen atoms in total. The maximum absolute atomic E-state index is 12.9. The van der Waals surface area contributed by atoms with Gasteiger partial charge < -0.3 is 14.4 Å². The molecule has 3 heterocycles. The summed E-state index contributed by atoms with van der Waals surface area (Å²) in [4.78, 5) is 20.2. The van der Waals surface area contributed by atoms with E-state index >= 15 is 0 Å². The molecular formula is C23H22N4O3S. The zero-order chi connectivity index (χ0) is 21.4. The zero-order valence-electron chi connectivity index (χ0n) is 17.3. The van der Waals surface area contributed by atoms with Crippen molar-refractivity contribution in [1.82, 2.24) is 14.6 Å². The molecule has 0 saturated carbocycles. The molecule has 0 spiro atoms. The summed E-state index contributed by atoms with van der Waals surface area (Å²) in [5, 5.41) is 4.40. The van der Waals surface area contributed by atoms with Crippen molar-refractivity contribution in [3.8, 4) is 11.5 Å². The minimum absolute atomic E-state index is 0.177. The van der Waals surface area contributed by atoms with Gasteiger partial charge in [-0.3, -0.25) is 4.79 Å². The number of ether oxygens (including phenoxy) is 2. The van der Waals surface area contributed by atoms with Gasteiger partial charge in [0.1, 0.15) is 6.61 Å². The highest BCUT2D eigenvalue weighted by atomic mass is 32.1. The van der Waals surface area contributed by atoms with E-state index in [0.29, 0.717) is 33.4 Å². The van der Waals surface area contributed by atoms with Crippen LogP contribution in [-0.2, 0) is 0 Å². The smallest absolute Gasteiger partial charge is 0.291 e. The number of rotatable bonds is 5. The van der Waals surface area contributed by atoms with E-state index in [1.165, 1.54) is 21.5 Å². The van der Waals surface area contributed by atoms with Crippen LogP contribution in [0.25, 0.3) is 11.0 Å². The van der Waals surface area contributed by atoms with Crippen LogP contribution in [0.4, 0.5) is 5.69 Å².